The number of rotatable bonds is 8. The first-order valence-electron chi connectivity index (χ1n) is 9.65. The van der Waals surface area contributed by atoms with E-state index in [1.54, 1.807) is 55.5 Å². The quantitative estimate of drug-likeness (QED) is 0.528. The molecular formula is C22H26N5O3+. The van der Waals surface area contributed by atoms with Gasteiger partial charge in [-0.15, -0.1) is 0 Å². The van der Waals surface area contributed by atoms with Crippen molar-refractivity contribution in [3.05, 3.63) is 54.1 Å². The maximum absolute atomic E-state index is 12.6. The summed E-state index contributed by atoms with van der Waals surface area (Å²) in [6.45, 7) is 5.80. The fraction of sp³-hybridized carbons (Fsp3) is 0.273. The van der Waals surface area contributed by atoms with Crippen molar-refractivity contribution in [2.45, 2.75) is 26.8 Å². The van der Waals surface area contributed by atoms with Gasteiger partial charge in [-0.3, -0.25) is 14.4 Å². The molecule has 3 amide bonds. The third-order valence-electron chi connectivity index (χ3n) is 4.60. The first kappa shape index (κ1) is 22.6. The summed E-state index contributed by atoms with van der Waals surface area (Å²) in [5.74, 6) is -0.611. The number of carbonyl (C=O) groups excluding carboxylic acids is 3. The van der Waals surface area contributed by atoms with Crippen LogP contribution in [0, 0.1) is 11.3 Å². The van der Waals surface area contributed by atoms with Gasteiger partial charge in [0.25, 0.3) is 11.8 Å². The van der Waals surface area contributed by atoms with Gasteiger partial charge in [0, 0.05) is 24.0 Å². The van der Waals surface area contributed by atoms with E-state index in [1.807, 2.05) is 13.0 Å². The third-order valence-corrected chi connectivity index (χ3v) is 4.60. The van der Waals surface area contributed by atoms with Crippen molar-refractivity contribution in [2.24, 2.45) is 0 Å². The first-order valence-corrected chi connectivity index (χ1v) is 9.65. The van der Waals surface area contributed by atoms with Crippen LogP contribution in [0.5, 0.6) is 0 Å². The summed E-state index contributed by atoms with van der Waals surface area (Å²) in [5.41, 5.74) is 2.26. The molecule has 0 radical (unpaired) electrons. The number of amides is 3. The summed E-state index contributed by atoms with van der Waals surface area (Å²) >= 11 is 0. The SMILES string of the molecule is CC[NH+](CC(=O)Nc1ccc(NC(C)=O)cc1)[C@H](C)C(=O)Nc1cccc(C#N)c1. The Morgan fingerprint density at radius 2 is 1.63 bits per heavy atom. The number of quaternary nitrogens is 1. The van der Waals surface area contributed by atoms with Gasteiger partial charge in [0.2, 0.25) is 5.91 Å². The highest BCUT2D eigenvalue weighted by molar-refractivity contribution is 5.95. The highest BCUT2D eigenvalue weighted by Gasteiger charge is 2.26. The van der Waals surface area contributed by atoms with Gasteiger partial charge in [-0.2, -0.15) is 5.26 Å². The van der Waals surface area contributed by atoms with E-state index < -0.39 is 6.04 Å². The number of nitrogens with one attached hydrogen (secondary N) is 4. The number of nitrogens with zero attached hydrogens (tertiary/aromatic N) is 1. The lowest BCUT2D eigenvalue weighted by Crippen LogP contribution is -3.17. The minimum Gasteiger partial charge on any atom is -0.326 e. The van der Waals surface area contributed by atoms with Crippen LogP contribution in [0.25, 0.3) is 0 Å². The zero-order valence-corrected chi connectivity index (χ0v) is 17.3. The van der Waals surface area contributed by atoms with Gasteiger partial charge in [-0.1, -0.05) is 6.07 Å². The Labute approximate surface area is 175 Å². The predicted molar refractivity (Wildman–Crippen MR) is 115 cm³/mol. The Bertz CT molecular complexity index is 950. The predicted octanol–water partition coefficient (Wildman–Crippen LogP) is 1.39. The molecule has 156 valence electrons. The van der Waals surface area contributed by atoms with E-state index in [2.05, 4.69) is 16.0 Å². The maximum atomic E-state index is 12.6. The Morgan fingerprint density at radius 1 is 1.00 bits per heavy atom. The zero-order valence-electron chi connectivity index (χ0n) is 17.3. The van der Waals surface area contributed by atoms with Crippen molar-refractivity contribution in [3.8, 4) is 6.07 Å². The maximum Gasteiger partial charge on any atom is 0.282 e. The number of benzene rings is 2. The lowest BCUT2D eigenvalue weighted by atomic mass is 10.2. The highest BCUT2D eigenvalue weighted by Crippen LogP contribution is 2.13. The standard InChI is InChI=1S/C22H25N5O3/c1-4-27(15(2)22(30)26-20-7-5-6-17(12-20)13-23)14-21(29)25-19-10-8-18(9-11-19)24-16(3)28/h5-12,15H,4,14H2,1-3H3,(H,24,28)(H,25,29)(H,26,30)/p+1/t15-/m1/s1. The molecule has 1 unspecified atom stereocenters. The molecule has 0 saturated carbocycles. The molecule has 8 heteroatoms. The average Bonchev–Trinajstić information content (AvgIpc) is 2.72. The molecule has 2 aromatic carbocycles. The summed E-state index contributed by atoms with van der Waals surface area (Å²) < 4.78 is 0. The summed E-state index contributed by atoms with van der Waals surface area (Å²) in [6, 6.07) is 15.1. The molecule has 0 heterocycles. The molecule has 2 aromatic rings. The number of carbonyl (C=O) groups is 3. The lowest BCUT2D eigenvalue weighted by Gasteiger charge is -2.23. The number of likely N-dealkylation sites (N-methyl/N-ethyl adjacent to an activating group) is 1. The van der Waals surface area contributed by atoms with Crippen LogP contribution in [0.4, 0.5) is 17.1 Å². The summed E-state index contributed by atoms with van der Waals surface area (Å²) in [7, 11) is 0. The van der Waals surface area contributed by atoms with E-state index in [1.165, 1.54) is 6.92 Å². The molecule has 0 saturated heterocycles. The van der Waals surface area contributed by atoms with Gasteiger partial charge in [0.05, 0.1) is 18.2 Å². The van der Waals surface area contributed by atoms with Crippen molar-refractivity contribution in [2.75, 3.05) is 29.0 Å². The van der Waals surface area contributed by atoms with Gasteiger partial charge >= 0.3 is 0 Å². The molecule has 4 N–H and O–H groups in total. The second kappa shape index (κ2) is 10.7. The fourth-order valence-corrected chi connectivity index (χ4v) is 2.94. The Morgan fingerprint density at radius 3 is 2.20 bits per heavy atom. The van der Waals surface area contributed by atoms with Gasteiger partial charge < -0.3 is 20.9 Å². The van der Waals surface area contributed by atoms with Crippen LogP contribution < -0.4 is 20.9 Å². The summed E-state index contributed by atoms with van der Waals surface area (Å²) in [6.07, 6.45) is 0. The smallest absolute Gasteiger partial charge is 0.282 e. The molecule has 0 aromatic heterocycles. The first-order chi connectivity index (χ1) is 14.3. The lowest BCUT2D eigenvalue weighted by molar-refractivity contribution is -0.904. The molecule has 30 heavy (non-hydrogen) atoms. The van der Waals surface area contributed by atoms with Crippen molar-refractivity contribution in [1.29, 1.82) is 5.26 Å². The van der Waals surface area contributed by atoms with E-state index in [9.17, 15) is 14.4 Å². The van der Waals surface area contributed by atoms with Gasteiger partial charge in [-0.05, 0) is 56.3 Å². The van der Waals surface area contributed by atoms with Crippen molar-refractivity contribution in [3.63, 3.8) is 0 Å². The minimum absolute atomic E-state index is 0.122. The van der Waals surface area contributed by atoms with Crippen molar-refractivity contribution < 1.29 is 19.3 Å². The largest absolute Gasteiger partial charge is 0.326 e. The zero-order chi connectivity index (χ0) is 22.1. The van der Waals surface area contributed by atoms with Crippen LogP contribution in [-0.4, -0.2) is 36.9 Å². The highest BCUT2D eigenvalue weighted by atomic mass is 16.2. The van der Waals surface area contributed by atoms with Crippen LogP contribution in [-0.2, 0) is 14.4 Å². The Balaban J connectivity index is 1.94. The Kier molecular flexibility index (Phi) is 8.08. The molecular weight excluding hydrogens is 382 g/mol. The number of anilines is 3. The molecule has 0 aliphatic rings. The normalized spacial score (nSPS) is 12.2. The van der Waals surface area contributed by atoms with Crippen LogP contribution in [0.2, 0.25) is 0 Å². The van der Waals surface area contributed by atoms with Crippen LogP contribution in [0.1, 0.15) is 26.3 Å². The molecule has 2 atom stereocenters. The van der Waals surface area contributed by atoms with E-state index in [0.29, 0.717) is 29.2 Å². The van der Waals surface area contributed by atoms with Crippen molar-refractivity contribution in [1.82, 2.24) is 0 Å². The number of nitriles is 1. The molecule has 2 rings (SSSR count). The number of hydrogen-bond acceptors (Lipinski definition) is 4. The van der Waals surface area contributed by atoms with E-state index in [0.717, 1.165) is 4.90 Å². The minimum atomic E-state index is -0.464. The van der Waals surface area contributed by atoms with Crippen LogP contribution in [0.15, 0.2) is 48.5 Å². The third kappa shape index (κ3) is 6.72. The van der Waals surface area contributed by atoms with Crippen LogP contribution >= 0.6 is 0 Å². The fourth-order valence-electron chi connectivity index (χ4n) is 2.94. The molecule has 0 aliphatic carbocycles. The van der Waals surface area contributed by atoms with Gasteiger partial charge in [0.15, 0.2) is 12.6 Å². The number of hydrogen-bond donors (Lipinski definition) is 4. The van der Waals surface area contributed by atoms with E-state index >= 15 is 0 Å². The van der Waals surface area contributed by atoms with Gasteiger partial charge in [0.1, 0.15) is 0 Å². The second-order valence-corrected chi connectivity index (χ2v) is 6.90. The van der Waals surface area contributed by atoms with Crippen molar-refractivity contribution >= 4 is 34.8 Å². The monoisotopic (exact) mass is 408 g/mol. The summed E-state index contributed by atoms with van der Waals surface area (Å²) in [5, 5.41) is 17.2. The van der Waals surface area contributed by atoms with Crippen LogP contribution in [0.3, 0.4) is 0 Å². The summed E-state index contributed by atoms with van der Waals surface area (Å²) in [4.78, 5) is 36.9. The molecule has 0 spiro atoms. The van der Waals surface area contributed by atoms with E-state index in [-0.39, 0.29) is 24.3 Å². The molecule has 0 bridgehead atoms. The van der Waals surface area contributed by atoms with E-state index in [4.69, 9.17) is 5.26 Å². The average molecular weight is 408 g/mol. The topological polar surface area (TPSA) is 116 Å². The molecule has 8 nitrogen and oxygen atoms in total. The second-order valence-electron chi connectivity index (χ2n) is 6.90. The molecule has 0 fully saturated rings. The molecule has 0 aliphatic heterocycles. The Hall–Kier alpha value is -3.70. The van der Waals surface area contributed by atoms with Gasteiger partial charge in [-0.25, -0.2) is 0 Å².